The lowest BCUT2D eigenvalue weighted by Crippen LogP contribution is -2.14. The zero-order chi connectivity index (χ0) is 8.69. The van der Waals surface area contributed by atoms with Gasteiger partial charge in [-0.15, -0.1) is 0 Å². The van der Waals surface area contributed by atoms with E-state index >= 15 is 0 Å². The van der Waals surface area contributed by atoms with E-state index in [-0.39, 0.29) is 26.1 Å². The number of carbonyl (C=O) groups excluding carboxylic acids is 2. The first kappa shape index (κ1) is 10.1. The number of rotatable bonds is 4. The summed E-state index contributed by atoms with van der Waals surface area (Å²) in [4.78, 5) is 20.9. The molecule has 0 amide bonds. The van der Waals surface area contributed by atoms with Gasteiger partial charge < -0.3 is 14.9 Å². The highest BCUT2D eigenvalue weighted by Gasteiger charge is 2.07. The molecule has 0 aliphatic rings. The highest BCUT2D eigenvalue weighted by Crippen LogP contribution is 1.89. The fourth-order valence-electron chi connectivity index (χ4n) is 0.412. The van der Waals surface area contributed by atoms with E-state index in [1.165, 1.54) is 0 Å². The number of ether oxygens (including phenoxy) is 1. The molecule has 64 valence electrons. The standard InChI is InChI=1S/C6H10O5/c7-3-1-5(9)11-6(10)2-4-8/h7-8H,1-4H2. The Kier molecular flexibility index (Phi) is 5.32. The molecule has 0 fully saturated rings. The van der Waals surface area contributed by atoms with E-state index in [4.69, 9.17) is 10.2 Å². The van der Waals surface area contributed by atoms with Crippen LogP contribution < -0.4 is 0 Å². The van der Waals surface area contributed by atoms with Gasteiger partial charge in [0.1, 0.15) is 0 Å². The average molecular weight is 162 g/mol. The van der Waals surface area contributed by atoms with Crippen molar-refractivity contribution in [2.75, 3.05) is 13.2 Å². The van der Waals surface area contributed by atoms with Crippen LogP contribution in [0.3, 0.4) is 0 Å². The van der Waals surface area contributed by atoms with Crippen molar-refractivity contribution in [3.8, 4) is 0 Å². The van der Waals surface area contributed by atoms with Gasteiger partial charge in [0.2, 0.25) is 0 Å². The highest BCUT2D eigenvalue weighted by atomic mass is 16.6. The largest absolute Gasteiger partial charge is 0.396 e. The van der Waals surface area contributed by atoms with Crippen LogP contribution >= 0.6 is 0 Å². The fourth-order valence-corrected chi connectivity index (χ4v) is 0.412. The summed E-state index contributed by atoms with van der Waals surface area (Å²) >= 11 is 0. The van der Waals surface area contributed by atoms with E-state index in [1.807, 2.05) is 0 Å². The molecule has 0 aromatic rings. The molecule has 5 heteroatoms. The Labute approximate surface area is 63.6 Å². The number of aliphatic hydroxyl groups is 2. The van der Waals surface area contributed by atoms with E-state index in [0.29, 0.717) is 0 Å². The molecule has 0 radical (unpaired) electrons. The molecule has 0 saturated heterocycles. The molecule has 2 N–H and O–H groups in total. The normalized spacial score (nSPS) is 9.27. The maximum atomic E-state index is 10.4. The first-order valence-electron chi connectivity index (χ1n) is 3.16. The van der Waals surface area contributed by atoms with Crippen molar-refractivity contribution in [3.63, 3.8) is 0 Å². The molecule has 0 saturated carbocycles. The molecule has 0 bridgehead atoms. The minimum atomic E-state index is -0.772. The summed E-state index contributed by atoms with van der Waals surface area (Å²) in [7, 11) is 0. The molecule has 0 aromatic heterocycles. The van der Waals surface area contributed by atoms with Crippen molar-refractivity contribution in [2.24, 2.45) is 0 Å². The summed E-state index contributed by atoms with van der Waals surface area (Å²) in [5.74, 6) is -1.54. The number of aliphatic hydroxyl groups excluding tert-OH is 2. The van der Waals surface area contributed by atoms with E-state index in [0.717, 1.165) is 0 Å². The minimum absolute atomic E-state index is 0.197. The van der Waals surface area contributed by atoms with Crippen LogP contribution in [-0.2, 0) is 14.3 Å². The maximum absolute atomic E-state index is 10.4. The molecule has 0 aliphatic heterocycles. The van der Waals surface area contributed by atoms with Crippen LogP contribution in [0.25, 0.3) is 0 Å². The van der Waals surface area contributed by atoms with Gasteiger partial charge in [0.05, 0.1) is 26.1 Å². The fraction of sp³-hybridized carbons (Fsp3) is 0.667. The first-order valence-corrected chi connectivity index (χ1v) is 3.16. The van der Waals surface area contributed by atoms with Crippen LogP contribution in [0.15, 0.2) is 0 Å². The Morgan fingerprint density at radius 2 is 1.36 bits per heavy atom. The highest BCUT2D eigenvalue weighted by molar-refractivity contribution is 5.85. The van der Waals surface area contributed by atoms with E-state index in [9.17, 15) is 9.59 Å². The lowest BCUT2D eigenvalue weighted by Gasteiger charge is -1.98. The smallest absolute Gasteiger partial charge is 0.315 e. The SMILES string of the molecule is O=C(CCO)OC(=O)CCO. The quantitative estimate of drug-likeness (QED) is 0.401. The van der Waals surface area contributed by atoms with Gasteiger partial charge in [-0.1, -0.05) is 0 Å². The van der Waals surface area contributed by atoms with Crippen molar-refractivity contribution in [1.29, 1.82) is 0 Å². The van der Waals surface area contributed by atoms with Crippen LogP contribution in [0.4, 0.5) is 0 Å². The molecular weight excluding hydrogens is 152 g/mol. The number of hydrogen-bond donors (Lipinski definition) is 2. The molecule has 0 unspecified atom stereocenters. The van der Waals surface area contributed by atoms with Gasteiger partial charge in [-0.05, 0) is 0 Å². The van der Waals surface area contributed by atoms with Gasteiger partial charge in [0.15, 0.2) is 0 Å². The molecule has 0 aliphatic carbocycles. The lowest BCUT2D eigenvalue weighted by molar-refractivity contribution is -0.160. The Morgan fingerprint density at radius 3 is 1.64 bits per heavy atom. The maximum Gasteiger partial charge on any atom is 0.315 e. The summed E-state index contributed by atoms with van der Waals surface area (Å²) in [6.45, 7) is -0.684. The second kappa shape index (κ2) is 5.82. The molecular formula is C6H10O5. The monoisotopic (exact) mass is 162 g/mol. The number of hydrogen-bond acceptors (Lipinski definition) is 5. The summed E-state index contributed by atoms with van der Waals surface area (Å²) in [5, 5.41) is 16.4. The first-order chi connectivity index (χ1) is 5.20. The Balaban J connectivity index is 3.49. The topological polar surface area (TPSA) is 83.8 Å². The van der Waals surface area contributed by atoms with Crippen molar-refractivity contribution in [3.05, 3.63) is 0 Å². The third kappa shape index (κ3) is 5.50. The van der Waals surface area contributed by atoms with Crippen LogP contribution in [-0.4, -0.2) is 35.4 Å². The molecule has 0 atom stereocenters. The summed E-state index contributed by atoms with van der Waals surface area (Å²) in [6.07, 6.45) is -0.395. The van der Waals surface area contributed by atoms with Crippen LogP contribution in [0.2, 0.25) is 0 Å². The Bertz CT molecular complexity index is 126. The zero-order valence-electron chi connectivity index (χ0n) is 5.95. The lowest BCUT2D eigenvalue weighted by atomic mass is 10.4. The van der Waals surface area contributed by atoms with Crippen LogP contribution in [0, 0.1) is 0 Å². The predicted molar refractivity (Wildman–Crippen MR) is 34.5 cm³/mol. The molecule has 0 aromatic carbocycles. The predicted octanol–water partition coefficient (Wildman–Crippen LogP) is -1.18. The van der Waals surface area contributed by atoms with Crippen molar-refractivity contribution >= 4 is 11.9 Å². The molecule has 0 heterocycles. The second-order valence-electron chi connectivity index (χ2n) is 1.79. The molecule has 11 heavy (non-hydrogen) atoms. The van der Waals surface area contributed by atoms with Gasteiger partial charge in [0.25, 0.3) is 0 Å². The zero-order valence-corrected chi connectivity index (χ0v) is 5.95. The van der Waals surface area contributed by atoms with Crippen molar-refractivity contribution < 1.29 is 24.5 Å². The average Bonchev–Trinajstić information content (AvgIpc) is 1.87. The van der Waals surface area contributed by atoms with Gasteiger partial charge >= 0.3 is 11.9 Å². The van der Waals surface area contributed by atoms with E-state index in [1.54, 1.807) is 0 Å². The van der Waals surface area contributed by atoms with Gasteiger partial charge in [-0.25, -0.2) is 0 Å². The summed E-state index contributed by atoms with van der Waals surface area (Å²) in [6, 6.07) is 0. The second-order valence-corrected chi connectivity index (χ2v) is 1.79. The van der Waals surface area contributed by atoms with Crippen LogP contribution in [0.5, 0.6) is 0 Å². The third-order valence-corrected chi connectivity index (χ3v) is 0.860. The van der Waals surface area contributed by atoms with Gasteiger partial charge in [-0.3, -0.25) is 9.59 Å². The van der Waals surface area contributed by atoms with Crippen molar-refractivity contribution in [1.82, 2.24) is 0 Å². The molecule has 5 nitrogen and oxygen atoms in total. The van der Waals surface area contributed by atoms with Crippen molar-refractivity contribution in [2.45, 2.75) is 12.8 Å². The summed E-state index contributed by atoms with van der Waals surface area (Å²) < 4.78 is 4.13. The Morgan fingerprint density at radius 1 is 1.00 bits per heavy atom. The van der Waals surface area contributed by atoms with Gasteiger partial charge in [-0.2, -0.15) is 0 Å². The molecule has 0 spiro atoms. The third-order valence-electron chi connectivity index (χ3n) is 0.860. The number of carbonyl (C=O) groups is 2. The van der Waals surface area contributed by atoms with E-state index in [2.05, 4.69) is 4.74 Å². The number of esters is 2. The Hall–Kier alpha value is -0.940. The van der Waals surface area contributed by atoms with Gasteiger partial charge in [0, 0.05) is 0 Å². The minimum Gasteiger partial charge on any atom is -0.396 e. The van der Waals surface area contributed by atoms with Crippen LogP contribution in [0.1, 0.15) is 12.8 Å². The molecule has 0 rings (SSSR count). The van der Waals surface area contributed by atoms with E-state index < -0.39 is 11.9 Å². The summed E-state index contributed by atoms with van der Waals surface area (Å²) in [5.41, 5.74) is 0.